The van der Waals surface area contributed by atoms with E-state index in [1.165, 1.54) is 13.3 Å². The summed E-state index contributed by atoms with van der Waals surface area (Å²) in [7, 11) is 1.86. The third kappa shape index (κ3) is 2.60. The zero-order valence-corrected chi connectivity index (χ0v) is 12.6. The van der Waals surface area contributed by atoms with Gasteiger partial charge in [0.25, 0.3) is 0 Å². The van der Waals surface area contributed by atoms with E-state index in [4.69, 9.17) is 0 Å². The molecule has 2 aromatic heterocycles. The van der Waals surface area contributed by atoms with Crippen LogP contribution in [0.3, 0.4) is 0 Å². The smallest absolute Gasteiger partial charge is 0.221 e. The van der Waals surface area contributed by atoms with Gasteiger partial charge >= 0.3 is 0 Å². The van der Waals surface area contributed by atoms with Crippen molar-refractivity contribution in [3.63, 3.8) is 0 Å². The number of carbonyl (C=O) groups is 1. The van der Waals surface area contributed by atoms with Crippen LogP contribution >= 0.6 is 0 Å². The lowest BCUT2D eigenvalue weighted by Crippen LogP contribution is -2.05. The molecule has 0 aliphatic carbocycles. The molecule has 0 spiro atoms. The number of hydrogen-bond acceptors (Lipinski definition) is 5. The van der Waals surface area contributed by atoms with Crippen LogP contribution in [-0.4, -0.2) is 25.7 Å². The second-order valence-corrected chi connectivity index (χ2v) is 5.01. The Labute approximate surface area is 127 Å². The summed E-state index contributed by atoms with van der Waals surface area (Å²) >= 11 is 0. The molecule has 2 N–H and O–H groups in total. The van der Waals surface area contributed by atoms with Gasteiger partial charge in [-0.05, 0) is 31.2 Å². The van der Waals surface area contributed by atoms with Crippen molar-refractivity contribution in [2.24, 2.45) is 7.05 Å². The van der Waals surface area contributed by atoms with Crippen LogP contribution in [0.4, 0.5) is 17.2 Å². The summed E-state index contributed by atoms with van der Waals surface area (Å²) in [4.78, 5) is 19.6. The highest BCUT2D eigenvalue weighted by Gasteiger charge is 2.12. The van der Waals surface area contributed by atoms with Gasteiger partial charge in [0.1, 0.15) is 12.1 Å². The third-order valence-electron chi connectivity index (χ3n) is 3.26. The lowest BCUT2D eigenvalue weighted by atomic mass is 10.2. The lowest BCUT2D eigenvalue weighted by Gasteiger charge is -2.08. The van der Waals surface area contributed by atoms with Crippen molar-refractivity contribution in [3.8, 4) is 0 Å². The molecular weight excluding hydrogens is 280 g/mol. The fourth-order valence-electron chi connectivity index (χ4n) is 2.35. The summed E-state index contributed by atoms with van der Waals surface area (Å²) in [6.07, 6.45) is 1.51. The minimum absolute atomic E-state index is 0.0933. The number of hydrogen-bond donors (Lipinski definition) is 2. The molecule has 112 valence electrons. The normalized spacial score (nSPS) is 10.7. The van der Waals surface area contributed by atoms with Gasteiger partial charge in [0.05, 0.1) is 11.1 Å². The zero-order chi connectivity index (χ0) is 15.7. The minimum atomic E-state index is -0.0933. The summed E-state index contributed by atoms with van der Waals surface area (Å²) in [5.41, 5.74) is 3.28. The zero-order valence-electron chi connectivity index (χ0n) is 12.6. The highest BCUT2D eigenvalue weighted by Crippen LogP contribution is 2.25. The molecule has 22 heavy (non-hydrogen) atoms. The van der Waals surface area contributed by atoms with Gasteiger partial charge in [0.15, 0.2) is 5.65 Å². The summed E-state index contributed by atoms with van der Waals surface area (Å²) in [6.45, 7) is 3.41. The predicted octanol–water partition coefficient (Wildman–Crippen LogP) is 2.37. The molecule has 0 fully saturated rings. The molecule has 0 saturated carbocycles. The van der Waals surface area contributed by atoms with E-state index in [2.05, 4.69) is 25.7 Å². The maximum atomic E-state index is 11.0. The van der Waals surface area contributed by atoms with Gasteiger partial charge in [0, 0.05) is 25.3 Å². The van der Waals surface area contributed by atoms with E-state index in [1.54, 1.807) is 4.68 Å². The summed E-state index contributed by atoms with van der Waals surface area (Å²) in [5.74, 6) is 0.618. The summed E-state index contributed by atoms with van der Waals surface area (Å²) < 4.78 is 1.73. The molecule has 0 aliphatic heterocycles. The van der Waals surface area contributed by atoms with E-state index in [0.29, 0.717) is 5.82 Å². The quantitative estimate of drug-likeness (QED) is 0.775. The Bertz CT molecular complexity index is 837. The average Bonchev–Trinajstić information content (AvgIpc) is 2.77. The third-order valence-corrected chi connectivity index (χ3v) is 3.26. The molecule has 3 rings (SSSR count). The van der Waals surface area contributed by atoms with Crippen molar-refractivity contribution < 1.29 is 4.79 Å². The fourth-order valence-corrected chi connectivity index (χ4v) is 2.35. The van der Waals surface area contributed by atoms with Crippen LogP contribution in [0, 0.1) is 6.92 Å². The highest BCUT2D eigenvalue weighted by atomic mass is 16.1. The van der Waals surface area contributed by atoms with Crippen LogP contribution in [0.25, 0.3) is 11.0 Å². The Hall–Kier alpha value is -2.96. The number of aromatic nitrogens is 4. The Balaban J connectivity index is 1.91. The second kappa shape index (κ2) is 5.44. The number of fused-ring (bicyclic) bond motifs is 1. The van der Waals surface area contributed by atoms with Gasteiger partial charge in [-0.3, -0.25) is 9.48 Å². The molecule has 7 heteroatoms. The molecule has 1 amide bonds. The van der Waals surface area contributed by atoms with Gasteiger partial charge in [-0.2, -0.15) is 5.10 Å². The molecule has 7 nitrogen and oxygen atoms in total. The Morgan fingerprint density at radius 2 is 1.82 bits per heavy atom. The first-order chi connectivity index (χ1) is 10.5. The largest absolute Gasteiger partial charge is 0.340 e. The first kappa shape index (κ1) is 14.0. The Morgan fingerprint density at radius 1 is 1.14 bits per heavy atom. The molecule has 0 radical (unpaired) electrons. The van der Waals surface area contributed by atoms with Gasteiger partial charge in [-0.25, -0.2) is 9.97 Å². The summed E-state index contributed by atoms with van der Waals surface area (Å²) in [6, 6.07) is 7.42. The Kier molecular flexibility index (Phi) is 3.46. The van der Waals surface area contributed by atoms with Crippen molar-refractivity contribution in [2.45, 2.75) is 13.8 Å². The molecule has 0 saturated heterocycles. The lowest BCUT2D eigenvalue weighted by molar-refractivity contribution is -0.114. The molecule has 0 bridgehead atoms. The number of amides is 1. The van der Waals surface area contributed by atoms with E-state index >= 15 is 0 Å². The molecule has 3 aromatic rings. The van der Waals surface area contributed by atoms with Crippen molar-refractivity contribution >= 4 is 34.1 Å². The van der Waals surface area contributed by atoms with Gasteiger partial charge in [0.2, 0.25) is 5.91 Å². The number of nitrogens with one attached hydrogen (secondary N) is 2. The minimum Gasteiger partial charge on any atom is -0.340 e. The maximum Gasteiger partial charge on any atom is 0.221 e. The van der Waals surface area contributed by atoms with E-state index in [-0.39, 0.29) is 5.91 Å². The predicted molar refractivity (Wildman–Crippen MR) is 85.1 cm³/mol. The van der Waals surface area contributed by atoms with Crippen LogP contribution in [-0.2, 0) is 11.8 Å². The fraction of sp³-hybridized carbons (Fsp3) is 0.200. The van der Waals surface area contributed by atoms with Crippen molar-refractivity contribution in [1.82, 2.24) is 19.7 Å². The molecule has 0 aliphatic rings. The van der Waals surface area contributed by atoms with Crippen molar-refractivity contribution in [1.29, 1.82) is 0 Å². The first-order valence-electron chi connectivity index (χ1n) is 6.83. The molecule has 1 aromatic carbocycles. The number of nitrogens with zero attached hydrogens (tertiary/aromatic N) is 4. The van der Waals surface area contributed by atoms with Crippen molar-refractivity contribution in [3.05, 3.63) is 36.3 Å². The van der Waals surface area contributed by atoms with Crippen LogP contribution < -0.4 is 10.6 Å². The number of rotatable bonds is 3. The molecular formula is C15H16N6O. The SMILES string of the molecule is CC(=O)Nc1ccc(Nc2ncnc3c2c(C)nn3C)cc1. The number of aryl methyl sites for hydroxylation is 2. The monoisotopic (exact) mass is 296 g/mol. The number of anilines is 3. The van der Waals surface area contributed by atoms with Crippen molar-refractivity contribution in [2.75, 3.05) is 10.6 Å². The first-order valence-corrected chi connectivity index (χ1v) is 6.83. The number of carbonyl (C=O) groups excluding carboxylic acids is 1. The number of benzene rings is 1. The maximum absolute atomic E-state index is 11.0. The van der Waals surface area contributed by atoms with Gasteiger partial charge in [-0.1, -0.05) is 0 Å². The second-order valence-electron chi connectivity index (χ2n) is 5.01. The Morgan fingerprint density at radius 3 is 2.50 bits per heavy atom. The van der Waals surface area contributed by atoms with Gasteiger partial charge in [-0.15, -0.1) is 0 Å². The highest BCUT2D eigenvalue weighted by molar-refractivity contribution is 5.91. The van der Waals surface area contributed by atoms with E-state index in [1.807, 2.05) is 38.2 Å². The molecule has 0 unspecified atom stereocenters. The van der Waals surface area contributed by atoms with Crippen LogP contribution in [0.5, 0.6) is 0 Å². The van der Waals surface area contributed by atoms with Crippen LogP contribution in [0.15, 0.2) is 30.6 Å². The van der Waals surface area contributed by atoms with Crippen LogP contribution in [0.1, 0.15) is 12.6 Å². The summed E-state index contributed by atoms with van der Waals surface area (Å²) in [5, 5.41) is 11.3. The van der Waals surface area contributed by atoms with E-state index in [0.717, 1.165) is 28.1 Å². The molecule has 0 atom stereocenters. The topological polar surface area (TPSA) is 84.7 Å². The molecule has 2 heterocycles. The van der Waals surface area contributed by atoms with Gasteiger partial charge < -0.3 is 10.6 Å². The average molecular weight is 296 g/mol. The standard InChI is InChI=1S/C15H16N6O/c1-9-13-14(16-8-17-15(13)21(3)20-9)19-12-6-4-11(5-7-12)18-10(2)22/h4-8H,1-3H3,(H,18,22)(H,16,17,19). The van der Waals surface area contributed by atoms with Crippen LogP contribution in [0.2, 0.25) is 0 Å². The van der Waals surface area contributed by atoms with E-state index < -0.39 is 0 Å². The van der Waals surface area contributed by atoms with E-state index in [9.17, 15) is 4.79 Å².